The number of hydrogen-bond donors (Lipinski definition) is 1. The van der Waals surface area contributed by atoms with Gasteiger partial charge in [-0.15, -0.1) is 0 Å². The molecule has 0 spiro atoms. The minimum absolute atomic E-state index is 0.174. The summed E-state index contributed by atoms with van der Waals surface area (Å²) in [5.41, 5.74) is 2.99. The van der Waals surface area contributed by atoms with Gasteiger partial charge in [0.15, 0.2) is 0 Å². The van der Waals surface area contributed by atoms with Crippen molar-refractivity contribution in [3.05, 3.63) is 62.6 Å². The Kier molecular flexibility index (Phi) is 3.76. The molecule has 104 valence electrons. The molecule has 20 heavy (non-hydrogen) atoms. The third-order valence-electron chi connectivity index (χ3n) is 3.54. The number of aryl methyl sites for hydroxylation is 1. The van der Waals surface area contributed by atoms with Crippen molar-refractivity contribution in [2.75, 3.05) is 0 Å². The van der Waals surface area contributed by atoms with Crippen molar-refractivity contribution in [2.24, 2.45) is 0 Å². The first kappa shape index (κ1) is 13.9. The largest absolute Gasteiger partial charge is 0.485 e. The Morgan fingerprint density at radius 1 is 1.20 bits per heavy atom. The van der Waals surface area contributed by atoms with E-state index in [1.165, 1.54) is 0 Å². The molecule has 1 aliphatic rings. The molecule has 0 bridgehead atoms. The van der Waals surface area contributed by atoms with E-state index in [-0.39, 0.29) is 6.10 Å². The van der Waals surface area contributed by atoms with E-state index in [2.05, 4.69) is 15.9 Å². The van der Waals surface area contributed by atoms with Crippen molar-refractivity contribution in [1.29, 1.82) is 0 Å². The molecule has 1 heterocycles. The molecule has 2 aromatic carbocycles. The topological polar surface area (TPSA) is 29.5 Å². The van der Waals surface area contributed by atoms with Crippen molar-refractivity contribution < 1.29 is 9.84 Å². The van der Waals surface area contributed by atoms with Gasteiger partial charge in [0.1, 0.15) is 11.9 Å². The second kappa shape index (κ2) is 5.40. The summed E-state index contributed by atoms with van der Waals surface area (Å²) >= 11 is 9.47. The SMILES string of the molecule is Cc1ccc2c(c1)[C@H](O)CC(c1ccc(Cl)cc1Br)O2. The molecule has 0 saturated carbocycles. The number of benzene rings is 2. The Morgan fingerprint density at radius 3 is 2.75 bits per heavy atom. The number of aliphatic hydroxyl groups excluding tert-OH is 1. The molecular formula is C16H14BrClO2. The molecular weight excluding hydrogens is 340 g/mol. The summed E-state index contributed by atoms with van der Waals surface area (Å²) in [5.74, 6) is 0.751. The highest BCUT2D eigenvalue weighted by Gasteiger charge is 2.29. The number of rotatable bonds is 1. The molecule has 4 heteroatoms. The predicted molar refractivity (Wildman–Crippen MR) is 83.3 cm³/mol. The lowest BCUT2D eigenvalue weighted by Crippen LogP contribution is -2.19. The fourth-order valence-electron chi connectivity index (χ4n) is 2.52. The van der Waals surface area contributed by atoms with Crippen LogP contribution in [0.5, 0.6) is 5.75 Å². The van der Waals surface area contributed by atoms with Crippen LogP contribution in [0.4, 0.5) is 0 Å². The van der Waals surface area contributed by atoms with Crippen LogP contribution in [-0.2, 0) is 0 Å². The normalized spacial score (nSPS) is 21.2. The molecule has 2 aromatic rings. The maximum Gasteiger partial charge on any atom is 0.128 e. The summed E-state index contributed by atoms with van der Waals surface area (Å²) in [4.78, 5) is 0. The third-order valence-corrected chi connectivity index (χ3v) is 4.46. The highest BCUT2D eigenvalue weighted by Crippen LogP contribution is 2.43. The summed E-state index contributed by atoms with van der Waals surface area (Å²) in [6, 6.07) is 11.5. The Balaban J connectivity index is 1.97. The lowest BCUT2D eigenvalue weighted by atomic mass is 9.94. The van der Waals surface area contributed by atoms with E-state index >= 15 is 0 Å². The van der Waals surface area contributed by atoms with Crippen molar-refractivity contribution in [1.82, 2.24) is 0 Å². The van der Waals surface area contributed by atoms with Crippen LogP contribution in [0.1, 0.15) is 35.3 Å². The number of aliphatic hydroxyl groups is 1. The van der Waals surface area contributed by atoms with Gasteiger partial charge in [-0.25, -0.2) is 0 Å². The van der Waals surface area contributed by atoms with Crippen LogP contribution < -0.4 is 4.74 Å². The Morgan fingerprint density at radius 2 is 2.00 bits per heavy atom. The van der Waals surface area contributed by atoms with Gasteiger partial charge in [-0.2, -0.15) is 0 Å². The van der Waals surface area contributed by atoms with Crippen LogP contribution in [0, 0.1) is 6.92 Å². The molecule has 0 amide bonds. The standard InChI is InChI=1S/C16H14BrClO2/c1-9-2-5-15-12(6-9)14(19)8-16(20-15)11-4-3-10(18)7-13(11)17/h2-7,14,16,19H,8H2,1H3/t14-,16?/m1/s1. The lowest BCUT2D eigenvalue weighted by Gasteiger charge is -2.30. The average molecular weight is 354 g/mol. The van der Waals surface area contributed by atoms with E-state index in [9.17, 15) is 5.11 Å². The zero-order chi connectivity index (χ0) is 14.3. The van der Waals surface area contributed by atoms with Gasteiger partial charge in [0.25, 0.3) is 0 Å². The Labute approximate surface area is 131 Å². The average Bonchev–Trinajstić information content (AvgIpc) is 2.39. The summed E-state index contributed by atoms with van der Waals surface area (Å²) < 4.78 is 6.93. The molecule has 0 fully saturated rings. The summed E-state index contributed by atoms with van der Waals surface area (Å²) in [6.07, 6.45) is -0.144. The molecule has 0 aromatic heterocycles. The molecule has 3 rings (SSSR count). The molecule has 0 saturated heterocycles. The summed E-state index contributed by atoms with van der Waals surface area (Å²) in [5, 5.41) is 11.0. The van der Waals surface area contributed by atoms with Crippen molar-refractivity contribution in [2.45, 2.75) is 25.6 Å². The van der Waals surface area contributed by atoms with Crippen LogP contribution in [0.3, 0.4) is 0 Å². The van der Waals surface area contributed by atoms with Gasteiger partial charge in [0.05, 0.1) is 6.10 Å². The quantitative estimate of drug-likeness (QED) is 0.784. The molecule has 1 unspecified atom stereocenters. The minimum Gasteiger partial charge on any atom is -0.485 e. The summed E-state index contributed by atoms with van der Waals surface area (Å²) in [7, 11) is 0. The Hall–Kier alpha value is -1.03. The molecule has 1 N–H and O–H groups in total. The molecule has 2 nitrogen and oxygen atoms in total. The minimum atomic E-state index is -0.508. The number of ether oxygens (including phenoxy) is 1. The Bertz CT molecular complexity index is 657. The van der Waals surface area contributed by atoms with E-state index in [1.54, 1.807) is 0 Å². The zero-order valence-corrected chi connectivity index (χ0v) is 13.3. The van der Waals surface area contributed by atoms with E-state index in [0.717, 1.165) is 26.9 Å². The van der Waals surface area contributed by atoms with Gasteiger partial charge in [0, 0.05) is 27.0 Å². The van der Waals surface area contributed by atoms with E-state index in [0.29, 0.717) is 11.4 Å². The zero-order valence-electron chi connectivity index (χ0n) is 10.9. The second-order valence-electron chi connectivity index (χ2n) is 5.07. The van der Waals surface area contributed by atoms with Crippen LogP contribution in [0.15, 0.2) is 40.9 Å². The molecule has 2 atom stereocenters. The first-order chi connectivity index (χ1) is 9.54. The fraction of sp³-hybridized carbons (Fsp3) is 0.250. The van der Waals surface area contributed by atoms with E-state index < -0.39 is 6.10 Å². The van der Waals surface area contributed by atoms with E-state index in [4.69, 9.17) is 16.3 Å². The molecule has 1 aliphatic heterocycles. The molecule has 0 radical (unpaired) electrons. The van der Waals surface area contributed by atoms with Crippen LogP contribution in [-0.4, -0.2) is 5.11 Å². The third kappa shape index (κ3) is 2.58. The van der Waals surface area contributed by atoms with Gasteiger partial charge < -0.3 is 9.84 Å². The van der Waals surface area contributed by atoms with Gasteiger partial charge in [-0.3, -0.25) is 0 Å². The van der Waals surface area contributed by atoms with E-state index in [1.807, 2.05) is 43.3 Å². The second-order valence-corrected chi connectivity index (χ2v) is 6.36. The van der Waals surface area contributed by atoms with Crippen molar-refractivity contribution in [3.8, 4) is 5.75 Å². The van der Waals surface area contributed by atoms with Gasteiger partial charge in [0.2, 0.25) is 0 Å². The van der Waals surface area contributed by atoms with Crippen LogP contribution >= 0.6 is 27.5 Å². The monoisotopic (exact) mass is 352 g/mol. The maximum atomic E-state index is 10.3. The smallest absolute Gasteiger partial charge is 0.128 e. The highest BCUT2D eigenvalue weighted by atomic mass is 79.9. The maximum absolute atomic E-state index is 10.3. The van der Waals surface area contributed by atoms with Crippen molar-refractivity contribution in [3.63, 3.8) is 0 Å². The molecule has 0 aliphatic carbocycles. The first-order valence-corrected chi connectivity index (χ1v) is 7.62. The number of fused-ring (bicyclic) bond motifs is 1. The fourth-order valence-corrected chi connectivity index (χ4v) is 3.46. The number of hydrogen-bond acceptors (Lipinski definition) is 2. The van der Waals surface area contributed by atoms with Gasteiger partial charge in [-0.1, -0.05) is 45.2 Å². The van der Waals surface area contributed by atoms with Crippen LogP contribution in [0.2, 0.25) is 5.02 Å². The van der Waals surface area contributed by atoms with Crippen LogP contribution in [0.25, 0.3) is 0 Å². The summed E-state index contributed by atoms with van der Waals surface area (Å²) in [6.45, 7) is 2.01. The number of halogens is 2. The highest BCUT2D eigenvalue weighted by molar-refractivity contribution is 9.10. The van der Waals surface area contributed by atoms with Crippen molar-refractivity contribution >= 4 is 27.5 Å². The van der Waals surface area contributed by atoms with Gasteiger partial charge in [-0.05, 0) is 31.2 Å². The lowest BCUT2D eigenvalue weighted by molar-refractivity contribution is 0.0653. The first-order valence-electron chi connectivity index (χ1n) is 6.45. The predicted octanol–water partition coefficient (Wildman–Crippen LogP) is 4.97. The van der Waals surface area contributed by atoms with Gasteiger partial charge >= 0.3 is 0 Å².